The number of amides is 2. The third kappa shape index (κ3) is 4.89. The molecular weight excluding hydrogens is 408 g/mol. The predicted octanol–water partition coefficient (Wildman–Crippen LogP) is 2.05. The molecule has 3 aliphatic rings. The van der Waals surface area contributed by atoms with Gasteiger partial charge in [-0.15, -0.1) is 0 Å². The van der Waals surface area contributed by atoms with Gasteiger partial charge in [0.2, 0.25) is 0 Å². The van der Waals surface area contributed by atoms with Gasteiger partial charge in [0, 0.05) is 32.6 Å². The molecule has 1 aliphatic carbocycles. The molecule has 0 bridgehead atoms. The number of hydrogen-bond acceptors (Lipinski definition) is 6. The number of ether oxygens (including phenoxy) is 2. The molecule has 0 aromatic heterocycles. The Morgan fingerprint density at radius 2 is 2.09 bits per heavy atom. The van der Waals surface area contributed by atoms with Crippen LogP contribution in [0.25, 0.3) is 0 Å². The van der Waals surface area contributed by atoms with Gasteiger partial charge >= 0.3 is 6.09 Å². The van der Waals surface area contributed by atoms with E-state index in [-0.39, 0.29) is 11.8 Å². The molecule has 0 spiro atoms. The Bertz CT molecular complexity index is 879. The first kappa shape index (κ1) is 22.6. The van der Waals surface area contributed by atoms with Crippen molar-refractivity contribution in [3.05, 3.63) is 35.4 Å². The van der Waals surface area contributed by atoms with Gasteiger partial charge in [-0.2, -0.15) is 5.26 Å². The zero-order valence-electron chi connectivity index (χ0n) is 18.7. The Morgan fingerprint density at radius 1 is 1.31 bits per heavy atom. The van der Waals surface area contributed by atoms with E-state index in [2.05, 4.69) is 28.4 Å². The topological polar surface area (TPSA) is 94.9 Å². The summed E-state index contributed by atoms with van der Waals surface area (Å²) in [5.74, 6) is -0.233. The van der Waals surface area contributed by atoms with Crippen LogP contribution in [0.3, 0.4) is 0 Å². The minimum atomic E-state index is -0.942. The highest BCUT2D eigenvalue weighted by Gasteiger charge is 2.42. The number of carbonyl (C=O) groups is 2. The number of likely N-dealkylation sites (N-methyl/N-ethyl adjacent to an activating group) is 1. The number of aryl methyl sites for hydroxylation is 1. The van der Waals surface area contributed by atoms with E-state index in [1.807, 2.05) is 19.1 Å². The summed E-state index contributed by atoms with van der Waals surface area (Å²) >= 11 is 0. The van der Waals surface area contributed by atoms with Gasteiger partial charge in [0.15, 0.2) is 6.10 Å². The van der Waals surface area contributed by atoms with Gasteiger partial charge < -0.3 is 24.6 Å². The van der Waals surface area contributed by atoms with Gasteiger partial charge in [-0.1, -0.05) is 31.2 Å². The fraction of sp³-hybridized carbons (Fsp3) is 0.625. The number of nitrogens with zero attached hydrogens (tertiary/aromatic N) is 3. The van der Waals surface area contributed by atoms with Crippen LogP contribution in [0.5, 0.6) is 0 Å². The van der Waals surface area contributed by atoms with E-state index >= 15 is 0 Å². The zero-order chi connectivity index (χ0) is 22.6. The van der Waals surface area contributed by atoms with Crippen LogP contribution >= 0.6 is 0 Å². The highest BCUT2D eigenvalue weighted by Crippen LogP contribution is 2.37. The molecule has 8 nitrogen and oxygen atoms in total. The lowest BCUT2D eigenvalue weighted by molar-refractivity contribution is -0.132. The summed E-state index contributed by atoms with van der Waals surface area (Å²) in [5.41, 5.74) is 1.57. The van der Waals surface area contributed by atoms with Crippen molar-refractivity contribution in [1.82, 2.24) is 15.1 Å². The first-order valence-electron chi connectivity index (χ1n) is 11.6. The summed E-state index contributed by atoms with van der Waals surface area (Å²) in [5, 5.41) is 12.8. The van der Waals surface area contributed by atoms with Crippen LogP contribution in [0.2, 0.25) is 0 Å². The number of morpholine rings is 1. The van der Waals surface area contributed by atoms with Crippen molar-refractivity contribution in [2.24, 2.45) is 0 Å². The molecule has 2 aliphatic heterocycles. The summed E-state index contributed by atoms with van der Waals surface area (Å²) in [4.78, 5) is 29.9. The second-order valence-corrected chi connectivity index (χ2v) is 8.94. The van der Waals surface area contributed by atoms with E-state index < -0.39 is 17.7 Å². The Labute approximate surface area is 189 Å². The SMILES string of the molecule is CCN1CCC(C#N)(NC(=O)[C@H](CC2CCc3ccccc32)OC(=O)N2CCOCC2)C1. The smallest absolute Gasteiger partial charge is 0.410 e. The average Bonchev–Trinajstić information content (AvgIpc) is 3.43. The number of carbonyl (C=O) groups excluding carboxylic acids is 2. The van der Waals surface area contributed by atoms with E-state index in [0.29, 0.717) is 45.7 Å². The number of benzene rings is 1. The molecule has 3 atom stereocenters. The molecule has 2 heterocycles. The van der Waals surface area contributed by atoms with Gasteiger partial charge in [-0.25, -0.2) is 4.79 Å². The van der Waals surface area contributed by atoms with Gasteiger partial charge in [0.25, 0.3) is 5.91 Å². The highest BCUT2D eigenvalue weighted by molar-refractivity contribution is 5.84. The quantitative estimate of drug-likeness (QED) is 0.728. The molecule has 32 heavy (non-hydrogen) atoms. The van der Waals surface area contributed by atoms with Crippen molar-refractivity contribution >= 4 is 12.0 Å². The number of nitrogens with one attached hydrogen (secondary N) is 1. The number of likely N-dealkylation sites (tertiary alicyclic amines) is 1. The molecule has 2 fully saturated rings. The first-order chi connectivity index (χ1) is 15.5. The number of rotatable bonds is 6. The molecule has 1 aromatic carbocycles. The third-order valence-electron chi connectivity index (χ3n) is 6.93. The molecule has 8 heteroatoms. The summed E-state index contributed by atoms with van der Waals surface area (Å²) in [6.45, 7) is 5.95. The van der Waals surface area contributed by atoms with Gasteiger partial charge in [0.05, 0.1) is 19.3 Å². The van der Waals surface area contributed by atoms with Gasteiger partial charge in [-0.3, -0.25) is 4.79 Å². The van der Waals surface area contributed by atoms with Crippen LogP contribution < -0.4 is 5.32 Å². The van der Waals surface area contributed by atoms with Crippen molar-refractivity contribution in [3.8, 4) is 6.07 Å². The summed E-state index contributed by atoms with van der Waals surface area (Å²) in [6.07, 6.45) is 1.43. The second kappa shape index (κ2) is 9.88. The van der Waals surface area contributed by atoms with Crippen molar-refractivity contribution in [3.63, 3.8) is 0 Å². The van der Waals surface area contributed by atoms with Crippen molar-refractivity contribution in [1.29, 1.82) is 5.26 Å². The lowest BCUT2D eigenvalue weighted by atomic mass is 9.93. The molecule has 1 aromatic rings. The Balaban J connectivity index is 1.49. The molecule has 2 amide bonds. The zero-order valence-corrected chi connectivity index (χ0v) is 18.7. The summed E-state index contributed by atoms with van der Waals surface area (Å²) in [6, 6.07) is 10.6. The second-order valence-electron chi connectivity index (χ2n) is 8.94. The van der Waals surface area contributed by atoms with Crippen LogP contribution in [0, 0.1) is 11.3 Å². The molecule has 0 saturated carbocycles. The van der Waals surface area contributed by atoms with Crippen molar-refractivity contribution < 1.29 is 19.1 Å². The van der Waals surface area contributed by atoms with E-state index in [0.717, 1.165) is 25.9 Å². The third-order valence-corrected chi connectivity index (χ3v) is 6.93. The molecule has 0 radical (unpaired) electrons. The molecule has 172 valence electrons. The monoisotopic (exact) mass is 440 g/mol. The fourth-order valence-electron chi connectivity index (χ4n) is 5.00. The maximum atomic E-state index is 13.4. The largest absolute Gasteiger partial charge is 0.436 e. The summed E-state index contributed by atoms with van der Waals surface area (Å²) < 4.78 is 11.1. The molecule has 1 N–H and O–H groups in total. The van der Waals surface area contributed by atoms with E-state index in [1.54, 1.807) is 4.90 Å². The number of nitriles is 1. The standard InChI is InChI=1S/C24H32N4O4/c1-2-27-10-9-24(16-25,17-27)26-22(29)21(32-23(30)28-11-13-31-14-12-28)15-19-8-7-18-5-3-4-6-20(18)19/h3-6,19,21H,2,7-15,17H2,1H3,(H,26,29)/t19?,21-,24?/m0/s1. The maximum absolute atomic E-state index is 13.4. The predicted molar refractivity (Wildman–Crippen MR) is 118 cm³/mol. The van der Waals surface area contributed by atoms with Crippen LogP contribution in [-0.4, -0.2) is 79.4 Å². The normalized spacial score (nSPS) is 26.2. The van der Waals surface area contributed by atoms with Crippen LogP contribution in [0.4, 0.5) is 4.79 Å². The Hall–Kier alpha value is -2.63. The Morgan fingerprint density at radius 3 is 2.81 bits per heavy atom. The highest BCUT2D eigenvalue weighted by atomic mass is 16.6. The van der Waals surface area contributed by atoms with Crippen LogP contribution in [0.1, 0.15) is 43.2 Å². The lowest BCUT2D eigenvalue weighted by Crippen LogP contribution is -2.54. The maximum Gasteiger partial charge on any atom is 0.410 e. The van der Waals surface area contributed by atoms with Crippen LogP contribution in [-0.2, 0) is 20.7 Å². The fourth-order valence-corrected chi connectivity index (χ4v) is 5.00. The minimum absolute atomic E-state index is 0.146. The number of fused-ring (bicyclic) bond motifs is 1. The molecule has 4 rings (SSSR count). The van der Waals surface area contributed by atoms with E-state index in [4.69, 9.17) is 9.47 Å². The van der Waals surface area contributed by atoms with Crippen LogP contribution in [0.15, 0.2) is 24.3 Å². The number of hydrogen-bond donors (Lipinski definition) is 1. The van der Waals surface area contributed by atoms with E-state index in [1.165, 1.54) is 11.1 Å². The van der Waals surface area contributed by atoms with Gasteiger partial charge in [0.1, 0.15) is 5.54 Å². The average molecular weight is 441 g/mol. The first-order valence-corrected chi connectivity index (χ1v) is 11.6. The Kier molecular flexibility index (Phi) is 6.97. The van der Waals surface area contributed by atoms with Crippen molar-refractivity contribution in [2.45, 2.75) is 50.2 Å². The minimum Gasteiger partial charge on any atom is -0.436 e. The molecular formula is C24H32N4O4. The molecule has 2 saturated heterocycles. The molecule has 2 unspecified atom stereocenters. The van der Waals surface area contributed by atoms with Gasteiger partial charge in [-0.05, 0) is 42.9 Å². The van der Waals surface area contributed by atoms with Crippen molar-refractivity contribution in [2.75, 3.05) is 45.9 Å². The van der Waals surface area contributed by atoms with E-state index in [9.17, 15) is 14.9 Å². The lowest BCUT2D eigenvalue weighted by Gasteiger charge is -2.30. The summed E-state index contributed by atoms with van der Waals surface area (Å²) in [7, 11) is 0.